The van der Waals surface area contributed by atoms with Gasteiger partial charge in [0.25, 0.3) is 0 Å². The highest BCUT2D eigenvalue weighted by Gasteiger charge is 2.19. The quantitative estimate of drug-likeness (QED) is 0.814. The van der Waals surface area contributed by atoms with Crippen LogP contribution in [0.1, 0.15) is 5.56 Å². The van der Waals surface area contributed by atoms with Gasteiger partial charge in [0.05, 0.1) is 7.11 Å². The Morgan fingerprint density at radius 1 is 1.14 bits per heavy atom. The van der Waals surface area contributed by atoms with Crippen LogP contribution in [0.25, 0.3) is 0 Å². The highest BCUT2D eigenvalue weighted by molar-refractivity contribution is 6.59. The maximum atomic E-state index is 13.5. The van der Waals surface area contributed by atoms with E-state index in [9.17, 15) is 18.8 Å². The number of benzene rings is 2. The summed E-state index contributed by atoms with van der Waals surface area (Å²) in [6, 6.07) is 8.18. The first-order chi connectivity index (χ1) is 10.0. The van der Waals surface area contributed by atoms with Gasteiger partial charge in [-0.25, -0.2) is 8.78 Å². The third kappa shape index (κ3) is 3.50. The first-order valence-corrected chi connectivity index (χ1v) is 6.12. The Hall–Kier alpha value is -2.12. The van der Waals surface area contributed by atoms with Crippen molar-refractivity contribution in [1.82, 2.24) is 0 Å². The van der Waals surface area contributed by atoms with Gasteiger partial charge in [0, 0.05) is 11.0 Å². The van der Waals surface area contributed by atoms with E-state index in [1.165, 1.54) is 31.4 Å². The van der Waals surface area contributed by atoms with Crippen molar-refractivity contribution in [3.8, 4) is 11.5 Å². The van der Waals surface area contributed by atoms with Gasteiger partial charge in [0.1, 0.15) is 18.1 Å². The molecule has 0 saturated carbocycles. The average Bonchev–Trinajstić information content (AvgIpc) is 2.48. The fourth-order valence-corrected chi connectivity index (χ4v) is 1.80. The van der Waals surface area contributed by atoms with Gasteiger partial charge in [-0.2, -0.15) is 0 Å². The van der Waals surface area contributed by atoms with Crippen molar-refractivity contribution in [2.45, 2.75) is 6.61 Å². The Labute approximate surface area is 120 Å². The van der Waals surface area contributed by atoms with Gasteiger partial charge in [-0.3, -0.25) is 0 Å². The number of halogens is 2. The van der Waals surface area contributed by atoms with Crippen LogP contribution in [0.2, 0.25) is 0 Å². The minimum absolute atomic E-state index is 0.0317. The van der Waals surface area contributed by atoms with Crippen molar-refractivity contribution in [2.24, 2.45) is 0 Å². The summed E-state index contributed by atoms with van der Waals surface area (Å²) in [6.07, 6.45) is 0. The molecule has 0 spiro atoms. The van der Waals surface area contributed by atoms with Crippen LogP contribution < -0.4 is 14.9 Å². The SMILES string of the molecule is COc1ccc(OCc2cccc(F)c2F)c(B(O)O)c1. The average molecular weight is 294 g/mol. The van der Waals surface area contributed by atoms with Crippen molar-refractivity contribution >= 4 is 12.6 Å². The molecule has 110 valence electrons. The summed E-state index contributed by atoms with van der Waals surface area (Å²) in [6.45, 7) is -0.240. The van der Waals surface area contributed by atoms with Gasteiger partial charge in [0.15, 0.2) is 11.6 Å². The number of methoxy groups -OCH3 is 1. The predicted octanol–water partition coefficient (Wildman–Crippen LogP) is 1.23. The van der Waals surface area contributed by atoms with Crippen LogP contribution in [0.5, 0.6) is 11.5 Å². The predicted molar refractivity (Wildman–Crippen MR) is 73.5 cm³/mol. The highest BCUT2D eigenvalue weighted by atomic mass is 19.2. The number of rotatable bonds is 5. The first kappa shape index (κ1) is 15.3. The molecule has 2 N–H and O–H groups in total. The second-order valence-corrected chi connectivity index (χ2v) is 4.28. The molecule has 0 aliphatic carbocycles. The lowest BCUT2D eigenvalue weighted by molar-refractivity contribution is 0.297. The fraction of sp³-hybridized carbons (Fsp3) is 0.143. The minimum atomic E-state index is -1.77. The molecule has 0 bridgehead atoms. The standard InChI is InChI=1S/C14H13BF2O4/c1-20-10-5-6-13(11(7-10)15(18)19)21-8-9-3-2-4-12(16)14(9)17/h2-7,18-19H,8H2,1H3. The smallest absolute Gasteiger partial charge is 0.492 e. The van der Waals surface area contributed by atoms with E-state index in [-0.39, 0.29) is 23.4 Å². The van der Waals surface area contributed by atoms with E-state index >= 15 is 0 Å². The Bertz CT molecular complexity index is 634. The van der Waals surface area contributed by atoms with E-state index < -0.39 is 18.8 Å². The molecule has 0 aliphatic heterocycles. The maximum absolute atomic E-state index is 13.5. The van der Waals surface area contributed by atoms with Crippen molar-refractivity contribution in [3.63, 3.8) is 0 Å². The second-order valence-electron chi connectivity index (χ2n) is 4.28. The van der Waals surface area contributed by atoms with E-state index in [0.717, 1.165) is 6.07 Å². The summed E-state index contributed by atoms with van der Waals surface area (Å²) in [7, 11) is -0.335. The van der Waals surface area contributed by atoms with Gasteiger partial charge in [-0.05, 0) is 24.3 Å². The van der Waals surface area contributed by atoms with Crippen LogP contribution >= 0.6 is 0 Å². The molecule has 2 rings (SSSR count). The lowest BCUT2D eigenvalue weighted by atomic mass is 9.79. The summed E-state index contributed by atoms with van der Waals surface area (Å²) in [5.74, 6) is -1.39. The summed E-state index contributed by atoms with van der Waals surface area (Å²) in [5.41, 5.74) is 0.107. The molecule has 4 nitrogen and oxygen atoms in total. The molecule has 0 amide bonds. The summed E-state index contributed by atoms with van der Waals surface area (Å²) in [4.78, 5) is 0. The molecular weight excluding hydrogens is 281 g/mol. The van der Waals surface area contributed by atoms with E-state index in [0.29, 0.717) is 5.75 Å². The molecule has 0 aliphatic rings. The fourth-order valence-electron chi connectivity index (χ4n) is 1.80. The van der Waals surface area contributed by atoms with Crippen molar-refractivity contribution in [2.75, 3.05) is 7.11 Å². The molecular formula is C14H13BF2O4. The summed E-state index contributed by atoms with van der Waals surface area (Å²) >= 11 is 0. The Balaban J connectivity index is 2.21. The van der Waals surface area contributed by atoms with Gasteiger partial charge in [0.2, 0.25) is 0 Å². The monoisotopic (exact) mass is 294 g/mol. The van der Waals surface area contributed by atoms with Crippen LogP contribution in [0.4, 0.5) is 8.78 Å². The van der Waals surface area contributed by atoms with Crippen LogP contribution in [0.3, 0.4) is 0 Å². The molecule has 0 aromatic heterocycles. The van der Waals surface area contributed by atoms with Crippen LogP contribution in [-0.2, 0) is 6.61 Å². The molecule has 21 heavy (non-hydrogen) atoms. The molecule has 0 unspecified atom stereocenters. The van der Waals surface area contributed by atoms with E-state index in [1.54, 1.807) is 6.07 Å². The largest absolute Gasteiger partial charge is 0.497 e. The molecule has 0 saturated heterocycles. The van der Waals surface area contributed by atoms with Gasteiger partial charge < -0.3 is 19.5 Å². The third-order valence-electron chi connectivity index (χ3n) is 2.91. The molecule has 2 aromatic carbocycles. The third-order valence-corrected chi connectivity index (χ3v) is 2.91. The second kappa shape index (κ2) is 6.56. The number of ether oxygens (including phenoxy) is 2. The minimum Gasteiger partial charge on any atom is -0.497 e. The summed E-state index contributed by atoms with van der Waals surface area (Å²) in [5, 5.41) is 18.6. The van der Waals surface area contributed by atoms with E-state index in [1.807, 2.05) is 0 Å². The molecule has 0 fully saturated rings. The molecule has 0 heterocycles. The maximum Gasteiger partial charge on any atom is 0.492 e. The molecule has 2 aromatic rings. The lowest BCUT2D eigenvalue weighted by Gasteiger charge is -2.13. The van der Waals surface area contributed by atoms with Gasteiger partial charge >= 0.3 is 7.12 Å². The van der Waals surface area contributed by atoms with Crippen molar-refractivity contribution in [3.05, 3.63) is 53.6 Å². The number of hydrogen-bond donors (Lipinski definition) is 2. The Morgan fingerprint density at radius 3 is 2.57 bits per heavy atom. The van der Waals surface area contributed by atoms with Crippen molar-refractivity contribution in [1.29, 1.82) is 0 Å². The van der Waals surface area contributed by atoms with Gasteiger partial charge in [-0.15, -0.1) is 0 Å². The zero-order valence-electron chi connectivity index (χ0n) is 11.2. The molecule has 0 radical (unpaired) electrons. The summed E-state index contributed by atoms with van der Waals surface area (Å²) < 4.78 is 36.9. The zero-order chi connectivity index (χ0) is 15.4. The number of hydrogen-bond acceptors (Lipinski definition) is 4. The Kier molecular flexibility index (Phi) is 4.77. The Morgan fingerprint density at radius 2 is 1.90 bits per heavy atom. The first-order valence-electron chi connectivity index (χ1n) is 6.12. The topological polar surface area (TPSA) is 58.9 Å². The van der Waals surface area contributed by atoms with Gasteiger partial charge in [-0.1, -0.05) is 12.1 Å². The van der Waals surface area contributed by atoms with E-state index in [4.69, 9.17) is 9.47 Å². The van der Waals surface area contributed by atoms with Crippen molar-refractivity contribution < 1.29 is 28.3 Å². The van der Waals surface area contributed by atoms with Crippen LogP contribution in [0.15, 0.2) is 36.4 Å². The van der Waals surface area contributed by atoms with Crippen LogP contribution in [0, 0.1) is 11.6 Å². The zero-order valence-corrected chi connectivity index (χ0v) is 11.2. The highest BCUT2D eigenvalue weighted by Crippen LogP contribution is 2.18. The van der Waals surface area contributed by atoms with E-state index in [2.05, 4.69) is 0 Å². The lowest BCUT2D eigenvalue weighted by Crippen LogP contribution is -2.31. The molecule has 0 atom stereocenters. The molecule has 7 heteroatoms. The normalized spacial score (nSPS) is 10.3. The van der Waals surface area contributed by atoms with Crippen LogP contribution in [-0.4, -0.2) is 24.3 Å².